The number of nitrogen functional groups attached to an aromatic ring is 1. The maximum Gasteiger partial charge on any atom is 0.573 e. The van der Waals surface area contributed by atoms with E-state index in [4.69, 9.17) is 34.2 Å². The zero-order valence-electron chi connectivity index (χ0n) is 14.9. The lowest BCUT2D eigenvalue weighted by atomic mass is 10.0. The van der Waals surface area contributed by atoms with E-state index in [0.29, 0.717) is 27.3 Å². The van der Waals surface area contributed by atoms with E-state index in [0.717, 1.165) is 11.8 Å². The van der Waals surface area contributed by atoms with Crippen LogP contribution in [0.1, 0.15) is 16.8 Å². The molecule has 0 amide bonds. The fraction of sp³-hybridized carbons (Fsp3) is 0.158. The van der Waals surface area contributed by atoms with E-state index in [2.05, 4.69) is 9.84 Å². The number of benzene rings is 2. The zero-order chi connectivity index (χ0) is 21.3. The van der Waals surface area contributed by atoms with Crippen molar-refractivity contribution in [3.8, 4) is 22.9 Å². The van der Waals surface area contributed by atoms with Crippen molar-refractivity contribution in [1.82, 2.24) is 9.78 Å². The lowest BCUT2D eigenvalue weighted by molar-refractivity contribution is -0.274. The first kappa shape index (κ1) is 20.8. The van der Waals surface area contributed by atoms with Gasteiger partial charge in [-0.25, -0.2) is 0 Å². The molecule has 3 aromatic rings. The van der Waals surface area contributed by atoms with Gasteiger partial charge in [-0.15, -0.1) is 13.2 Å². The summed E-state index contributed by atoms with van der Waals surface area (Å²) >= 11 is 12.0. The highest BCUT2D eigenvalue weighted by molar-refractivity contribution is 6.32. The molecule has 10 heteroatoms. The van der Waals surface area contributed by atoms with Crippen LogP contribution < -0.4 is 10.5 Å². The first-order valence-electron chi connectivity index (χ1n) is 8.16. The largest absolute Gasteiger partial charge is 0.573 e. The summed E-state index contributed by atoms with van der Waals surface area (Å²) in [6, 6.07) is 10.9. The first-order valence-corrected chi connectivity index (χ1v) is 8.91. The molecule has 0 saturated carbocycles. The van der Waals surface area contributed by atoms with Gasteiger partial charge in [0.05, 0.1) is 22.2 Å². The predicted octanol–water partition coefficient (Wildman–Crippen LogP) is 5.57. The van der Waals surface area contributed by atoms with Crippen molar-refractivity contribution in [1.29, 1.82) is 5.26 Å². The molecule has 0 aliphatic carbocycles. The molecule has 1 aromatic heterocycles. The van der Waals surface area contributed by atoms with Gasteiger partial charge in [0.2, 0.25) is 0 Å². The topological polar surface area (TPSA) is 76.9 Å². The molecule has 0 radical (unpaired) electrons. The fourth-order valence-corrected chi connectivity index (χ4v) is 3.33. The minimum Gasteiger partial charge on any atom is -0.404 e. The summed E-state index contributed by atoms with van der Waals surface area (Å²) < 4.78 is 42.6. The van der Waals surface area contributed by atoms with Crippen molar-refractivity contribution in [3.63, 3.8) is 0 Å². The van der Waals surface area contributed by atoms with Gasteiger partial charge in [-0.3, -0.25) is 4.68 Å². The molecule has 2 aromatic carbocycles. The molecule has 0 bridgehead atoms. The second-order valence-corrected chi connectivity index (χ2v) is 6.94. The van der Waals surface area contributed by atoms with Crippen LogP contribution in [0, 0.1) is 18.3 Å². The maximum atomic E-state index is 12.4. The smallest absolute Gasteiger partial charge is 0.404 e. The van der Waals surface area contributed by atoms with Crippen molar-refractivity contribution >= 4 is 29.0 Å². The number of ether oxygens (including phenoxy) is 1. The number of alkyl halides is 3. The van der Waals surface area contributed by atoms with E-state index in [1.807, 2.05) is 6.07 Å². The third-order valence-corrected chi connectivity index (χ3v) is 4.77. The monoisotopic (exact) mass is 440 g/mol. The first-order chi connectivity index (χ1) is 13.6. The summed E-state index contributed by atoms with van der Waals surface area (Å²) in [5.41, 5.74) is 9.08. The molecular weight excluding hydrogens is 428 g/mol. The number of anilines is 1. The zero-order valence-corrected chi connectivity index (χ0v) is 16.4. The van der Waals surface area contributed by atoms with Gasteiger partial charge in [0.15, 0.2) is 5.82 Å². The summed E-state index contributed by atoms with van der Waals surface area (Å²) in [4.78, 5) is 0. The van der Waals surface area contributed by atoms with Crippen molar-refractivity contribution in [2.75, 3.05) is 5.73 Å². The van der Waals surface area contributed by atoms with Gasteiger partial charge in [-0.1, -0.05) is 35.3 Å². The van der Waals surface area contributed by atoms with E-state index in [9.17, 15) is 13.2 Å². The Morgan fingerprint density at radius 3 is 2.48 bits per heavy atom. The Hall–Kier alpha value is -2.89. The van der Waals surface area contributed by atoms with Crippen molar-refractivity contribution < 1.29 is 17.9 Å². The minimum atomic E-state index is -4.82. The number of halogens is 5. The predicted molar refractivity (Wildman–Crippen MR) is 104 cm³/mol. The third kappa shape index (κ3) is 4.58. The van der Waals surface area contributed by atoms with Crippen LogP contribution in [-0.4, -0.2) is 16.1 Å². The van der Waals surface area contributed by atoms with Gasteiger partial charge in [0.1, 0.15) is 11.8 Å². The highest BCUT2D eigenvalue weighted by Crippen LogP contribution is 2.34. The van der Waals surface area contributed by atoms with Crippen LogP contribution in [0.15, 0.2) is 36.4 Å². The number of aromatic nitrogens is 2. The Kier molecular flexibility index (Phi) is 5.64. The average Bonchev–Trinajstić information content (AvgIpc) is 2.90. The van der Waals surface area contributed by atoms with Gasteiger partial charge in [-0.05, 0) is 42.3 Å². The van der Waals surface area contributed by atoms with Gasteiger partial charge >= 0.3 is 6.36 Å². The molecule has 0 atom stereocenters. The molecule has 0 aliphatic heterocycles. The molecule has 2 N–H and O–H groups in total. The van der Waals surface area contributed by atoms with Crippen LogP contribution in [0.25, 0.3) is 11.1 Å². The number of hydrogen-bond acceptors (Lipinski definition) is 4. The third-order valence-electron chi connectivity index (χ3n) is 4.17. The molecule has 1 heterocycles. The van der Waals surface area contributed by atoms with E-state index in [-0.39, 0.29) is 17.4 Å². The van der Waals surface area contributed by atoms with Gasteiger partial charge in [-0.2, -0.15) is 10.4 Å². The van der Waals surface area contributed by atoms with E-state index >= 15 is 0 Å². The molecule has 0 fully saturated rings. The Morgan fingerprint density at radius 1 is 1.17 bits per heavy atom. The molecule has 5 nitrogen and oxygen atoms in total. The number of nitrogens with zero attached hydrogens (tertiary/aromatic N) is 3. The van der Waals surface area contributed by atoms with Crippen LogP contribution in [-0.2, 0) is 6.54 Å². The van der Waals surface area contributed by atoms with Gasteiger partial charge < -0.3 is 10.5 Å². The average molecular weight is 441 g/mol. The molecule has 0 saturated heterocycles. The normalized spacial score (nSPS) is 11.3. The molecule has 150 valence electrons. The van der Waals surface area contributed by atoms with Crippen molar-refractivity contribution in [2.24, 2.45) is 0 Å². The highest BCUT2D eigenvalue weighted by Gasteiger charge is 2.32. The molecule has 0 unspecified atom stereocenters. The van der Waals surface area contributed by atoms with Crippen LogP contribution in [0.3, 0.4) is 0 Å². The standard InChI is InChI=1S/C19H13Cl2F3N4O/c1-10-17(12-3-4-13(8-25)14(20)7-12)18(26)27-28(10)9-11-2-5-16(15(21)6-11)29-19(22,23)24/h2-7H,9H2,1H3,(H2,26,27). The minimum absolute atomic E-state index is 0.170. The van der Waals surface area contributed by atoms with Crippen LogP contribution in [0.5, 0.6) is 5.75 Å². The maximum absolute atomic E-state index is 12.4. The summed E-state index contributed by atoms with van der Waals surface area (Å²) in [5, 5.41) is 13.4. The number of rotatable bonds is 4. The summed E-state index contributed by atoms with van der Waals surface area (Å²) in [5.74, 6) is -0.223. The van der Waals surface area contributed by atoms with Crippen molar-refractivity contribution in [2.45, 2.75) is 19.8 Å². The summed E-state index contributed by atoms with van der Waals surface area (Å²) in [7, 11) is 0. The second kappa shape index (κ2) is 7.85. The second-order valence-electron chi connectivity index (χ2n) is 6.12. The Bertz CT molecular complexity index is 1120. The molecule has 29 heavy (non-hydrogen) atoms. The van der Waals surface area contributed by atoms with Gasteiger partial charge in [0, 0.05) is 11.3 Å². The molecular formula is C19H13Cl2F3N4O. The lowest BCUT2D eigenvalue weighted by Crippen LogP contribution is -2.17. The quantitative estimate of drug-likeness (QED) is 0.575. The van der Waals surface area contributed by atoms with Crippen LogP contribution in [0.2, 0.25) is 10.0 Å². The van der Waals surface area contributed by atoms with E-state index < -0.39 is 12.1 Å². The van der Waals surface area contributed by atoms with Crippen LogP contribution in [0.4, 0.5) is 19.0 Å². The number of nitriles is 1. The fourth-order valence-electron chi connectivity index (χ4n) is 2.86. The Morgan fingerprint density at radius 2 is 1.90 bits per heavy atom. The molecule has 3 rings (SSSR count). The SMILES string of the molecule is Cc1c(-c2ccc(C#N)c(Cl)c2)c(N)nn1Cc1ccc(OC(F)(F)F)c(Cl)c1. The highest BCUT2D eigenvalue weighted by atomic mass is 35.5. The van der Waals surface area contributed by atoms with E-state index in [1.165, 1.54) is 12.1 Å². The van der Waals surface area contributed by atoms with Crippen LogP contribution >= 0.6 is 23.2 Å². The van der Waals surface area contributed by atoms with E-state index in [1.54, 1.807) is 29.8 Å². The number of nitrogens with two attached hydrogens (primary N) is 1. The van der Waals surface area contributed by atoms with Crippen molar-refractivity contribution in [3.05, 3.63) is 63.3 Å². The Balaban J connectivity index is 1.90. The lowest BCUT2D eigenvalue weighted by Gasteiger charge is -2.12. The summed E-state index contributed by atoms with van der Waals surface area (Å²) in [6.07, 6.45) is -4.82. The molecule has 0 spiro atoms. The Labute approximate surface area is 174 Å². The summed E-state index contributed by atoms with van der Waals surface area (Å²) in [6.45, 7) is 2.03. The van der Waals surface area contributed by atoms with Gasteiger partial charge in [0.25, 0.3) is 0 Å². The molecule has 0 aliphatic rings. The number of hydrogen-bond donors (Lipinski definition) is 1.